The van der Waals surface area contributed by atoms with E-state index in [0.717, 1.165) is 29.4 Å². The minimum atomic E-state index is -1.52. The first-order valence-electron chi connectivity index (χ1n) is 8.38. The van der Waals surface area contributed by atoms with E-state index in [2.05, 4.69) is 41.1 Å². The maximum Gasteiger partial charge on any atom is 0.253 e. The minimum absolute atomic E-state index is 0.0139. The molecular weight excluding hydrogens is 334 g/mol. The average molecular weight is 358 g/mol. The second-order valence-corrected chi connectivity index (χ2v) is 12.8. The minimum Gasteiger partial charge on any atom is -0.289 e. The van der Waals surface area contributed by atoms with Crippen molar-refractivity contribution in [2.24, 2.45) is 0 Å². The van der Waals surface area contributed by atoms with E-state index in [1.807, 2.05) is 17.0 Å². The van der Waals surface area contributed by atoms with Crippen LogP contribution in [0.25, 0.3) is 11.0 Å². The molecule has 0 radical (unpaired) electrons. The fourth-order valence-corrected chi connectivity index (χ4v) is 3.92. The van der Waals surface area contributed by atoms with Crippen LogP contribution in [-0.2, 0) is 0 Å². The van der Waals surface area contributed by atoms with Gasteiger partial charge in [-0.1, -0.05) is 50.2 Å². The lowest BCUT2D eigenvalue weighted by atomic mass is 10.1. The van der Waals surface area contributed by atoms with Crippen LogP contribution >= 0.6 is 11.8 Å². The van der Waals surface area contributed by atoms with Gasteiger partial charge in [0.25, 0.3) is 5.56 Å². The van der Waals surface area contributed by atoms with Crippen LogP contribution in [0.1, 0.15) is 37.3 Å². The molecule has 2 aromatic rings. The van der Waals surface area contributed by atoms with Crippen molar-refractivity contribution in [3.63, 3.8) is 0 Å². The van der Waals surface area contributed by atoms with Gasteiger partial charge in [-0.05, 0) is 19.1 Å². The van der Waals surface area contributed by atoms with Gasteiger partial charge in [0.1, 0.15) is 13.7 Å². The number of hydrogen-bond donors (Lipinski definition) is 0. The Bertz CT molecular complexity index is 883. The summed E-state index contributed by atoms with van der Waals surface area (Å²) in [5, 5.41) is 1.59. The maximum atomic E-state index is 12.8. The van der Waals surface area contributed by atoms with Crippen LogP contribution in [0, 0.1) is 11.5 Å². The molecule has 0 unspecified atom stereocenters. The molecule has 3 rings (SSSR count). The Balaban J connectivity index is 2.27. The van der Waals surface area contributed by atoms with Crippen LogP contribution in [0.3, 0.4) is 0 Å². The van der Waals surface area contributed by atoms with Crippen molar-refractivity contribution in [1.82, 2.24) is 14.5 Å². The highest BCUT2D eigenvalue weighted by atomic mass is 32.2. The molecule has 126 valence electrons. The van der Waals surface area contributed by atoms with E-state index in [0.29, 0.717) is 5.16 Å². The lowest BCUT2D eigenvalue weighted by Gasteiger charge is -2.17. The summed E-state index contributed by atoms with van der Waals surface area (Å²) in [4.78, 5) is 21.9. The van der Waals surface area contributed by atoms with Gasteiger partial charge in [0, 0.05) is 23.9 Å². The van der Waals surface area contributed by atoms with E-state index in [-0.39, 0.29) is 11.6 Å². The summed E-state index contributed by atoms with van der Waals surface area (Å²) >= 11 is 1.50. The highest BCUT2D eigenvalue weighted by molar-refractivity contribution is 7.98. The average Bonchev–Trinajstić information content (AvgIpc) is 3.05. The number of nitrogens with zero attached hydrogens (tertiary/aromatic N) is 3. The molecule has 0 spiro atoms. The third kappa shape index (κ3) is 3.57. The molecule has 0 aliphatic heterocycles. The molecule has 0 aromatic carbocycles. The molecule has 0 saturated heterocycles. The number of fused-ring (bicyclic) bond motifs is 1. The Kier molecular flexibility index (Phi) is 4.84. The lowest BCUT2D eigenvalue weighted by Crippen LogP contribution is -2.25. The summed E-state index contributed by atoms with van der Waals surface area (Å²) in [6, 6.07) is 1.93. The van der Waals surface area contributed by atoms with Gasteiger partial charge in [-0.15, -0.1) is 5.54 Å². The fraction of sp³-hybridized carbons (Fsp3) is 0.500. The van der Waals surface area contributed by atoms with Gasteiger partial charge < -0.3 is 0 Å². The molecule has 6 heteroatoms. The van der Waals surface area contributed by atoms with Crippen molar-refractivity contribution >= 4 is 30.9 Å². The molecule has 1 aliphatic carbocycles. The Morgan fingerprint density at radius 1 is 1.29 bits per heavy atom. The smallest absolute Gasteiger partial charge is 0.253 e. The van der Waals surface area contributed by atoms with Gasteiger partial charge in [-0.2, -0.15) is 0 Å². The van der Waals surface area contributed by atoms with Gasteiger partial charge in [-0.25, -0.2) is 9.97 Å². The van der Waals surface area contributed by atoms with Gasteiger partial charge >= 0.3 is 0 Å². The SMILES string of the molecule is CSc1ncc2c(C#C[Si](C)(C)C)cc(=O)n(C3CCCC3)c2n1. The van der Waals surface area contributed by atoms with Crippen molar-refractivity contribution in [2.75, 3.05) is 6.26 Å². The quantitative estimate of drug-likeness (QED) is 0.354. The predicted octanol–water partition coefficient (Wildman–Crippen LogP) is 3.86. The normalized spacial score (nSPS) is 15.5. The van der Waals surface area contributed by atoms with Crippen molar-refractivity contribution in [1.29, 1.82) is 0 Å². The summed E-state index contributed by atoms with van der Waals surface area (Å²) in [5.41, 5.74) is 4.88. The summed E-state index contributed by atoms with van der Waals surface area (Å²) in [5.74, 6) is 3.24. The summed E-state index contributed by atoms with van der Waals surface area (Å²) in [7, 11) is -1.52. The van der Waals surface area contributed by atoms with Crippen LogP contribution < -0.4 is 5.56 Å². The number of thioether (sulfide) groups is 1. The molecule has 0 atom stereocenters. The molecule has 0 amide bonds. The molecule has 2 aromatic heterocycles. The van der Waals surface area contributed by atoms with Crippen LogP contribution in [0.15, 0.2) is 22.2 Å². The topological polar surface area (TPSA) is 47.8 Å². The molecule has 1 aliphatic rings. The molecule has 1 saturated carbocycles. The van der Waals surface area contributed by atoms with Crippen molar-refractivity contribution < 1.29 is 0 Å². The van der Waals surface area contributed by atoms with Gasteiger partial charge in [-0.3, -0.25) is 9.36 Å². The van der Waals surface area contributed by atoms with E-state index in [1.165, 1.54) is 24.6 Å². The van der Waals surface area contributed by atoms with Crippen LogP contribution in [0.2, 0.25) is 19.6 Å². The van der Waals surface area contributed by atoms with Crippen molar-refractivity contribution in [3.05, 3.63) is 28.2 Å². The summed E-state index contributed by atoms with van der Waals surface area (Å²) in [6.07, 6.45) is 8.23. The largest absolute Gasteiger partial charge is 0.289 e. The Labute approximate surface area is 148 Å². The number of aromatic nitrogens is 3. The maximum absolute atomic E-state index is 12.8. The van der Waals surface area contributed by atoms with Gasteiger partial charge in [0.15, 0.2) is 5.16 Å². The van der Waals surface area contributed by atoms with Crippen molar-refractivity contribution in [3.8, 4) is 11.5 Å². The molecule has 4 nitrogen and oxygen atoms in total. The second kappa shape index (κ2) is 6.73. The number of pyridine rings is 1. The molecule has 2 heterocycles. The van der Waals surface area contributed by atoms with E-state index < -0.39 is 8.07 Å². The monoisotopic (exact) mass is 357 g/mol. The zero-order valence-electron chi connectivity index (χ0n) is 14.7. The highest BCUT2D eigenvalue weighted by Gasteiger charge is 2.22. The first kappa shape index (κ1) is 17.2. The van der Waals surface area contributed by atoms with E-state index in [9.17, 15) is 4.79 Å². The third-order valence-electron chi connectivity index (χ3n) is 4.21. The van der Waals surface area contributed by atoms with E-state index >= 15 is 0 Å². The Hall–Kier alpha value is -1.58. The van der Waals surface area contributed by atoms with Crippen LogP contribution in [-0.4, -0.2) is 28.9 Å². The molecule has 1 fully saturated rings. The first-order chi connectivity index (χ1) is 11.4. The van der Waals surface area contributed by atoms with E-state index in [4.69, 9.17) is 0 Å². The Morgan fingerprint density at radius 3 is 2.62 bits per heavy atom. The van der Waals surface area contributed by atoms with Crippen LogP contribution in [0.5, 0.6) is 0 Å². The standard InChI is InChI=1S/C18H23N3OSSi/c1-23-18-19-12-15-13(9-10-24(2,3)4)11-16(22)21(17(15)20-18)14-7-5-6-8-14/h11-12,14H,5-8H2,1-4H3. The molecule has 0 bridgehead atoms. The molecule has 0 N–H and O–H groups in total. The summed E-state index contributed by atoms with van der Waals surface area (Å²) in [6.45, 7) is 6.60. The van der Waals surface area contributed by atoms with Crippen LogP contribution in [0.4, 0.5) is 0 Å². The van der Waals surface area contributed by atoms with E-state index in [1.54, 1.807) is 6.07 Å². The molecular formula is C18H23N3OSSi. The lowest BCUT2D eigenvalue weighted by molar-refractivity contribution is 0.514. The highest BCUT2D eigenvalue weighted by Crippen LogP contribution is 2.31. The summed E-state index contributed by atoms with van der Waals surface area (Å²) < 4.78 is 1.88. The molecule has 24 heavy (non-hydrogen) atoms. The van der Waals surface area contributed by atoms with Gasteiger partial charge in [0.2, 0.25) is 0 Å². The zero-order valence-corrected chi connectivity index (χ0v) is 16.5. The number of hydrogen-bond acceptors (Lipinski definition) is 4. The van der Waals surface area contributed by atoms with Gasteiger partial charge in [0.05, 0.1) is 5.39 Å². The first-order valence-corrected chi connectivity index (χ1v) is 13.1. The number of rotatable bonds is 2. The second-order valence-electron chi connectivity index (χ2n) is 7.30. The zero-order chi connectivity index (χ0) is 17.3. The fourth-order valence-electron chi connectivity index (χ4n) is 3.08. The van der Waals surface area contributed by atoms with Crippen molar-refractivity contribution in [2.45, 2.75) is 56.5 Å². The third-order valence-corrected chi connectivity index (χ3v) is 5.65. The predicted molar refractivity (Wildman–Crippen MR) is 103 cm³/mol. The Morgan fingerprint density at radius 2 is 2.00 bits per heavy atom.